The third kappa shape index (κ3) is 5.51. The molecule has 1 saturated heterocycles. The monoisotopic (exact) mass is 389 g/mol. The van der Waals surface area contributed by atoms with E-state index >= 15 is 0 Å². The second-order valence-corrected chi connectivity index (χ2v) is 9.00. The van der Waals surface area contributed by atoms with Crippen LogP contribution in [0, 0.1) is 6.92 Å². The first kappa shape index (κ1) is 19.8. The van der Waals surface area contributed by atoms with Crippen molar-refractivity contribution in [3.8, 4) is 5.75 Å². The lowest BCUT2D eigenvalue weighted by Gasteiger charge is -2.17. The van der Waals surface area contributed by atoms with E-state index < -0.39 is 10.0 Å². The molecule has 1 aliphatic rings. The molecule has 0 bridgehead atoms. The molecule has 1 aliphatic heterocycles. The van der Waals surface area contributed by atoms with Gasteiger partial charge in [0.1, 0.15) is 10.6 Å². The lowest BCUT2D eigenvalue weighted by atomic mass is 10.2. The van der Waals surface area contributed by atoms with Gasteiger partial charge in [-0.05, 0) is 57.0 Å². The fourth-order valence-electron chi connectivity index (χ4n) is 3.18. The number of nitrogens with zero attached hydrogens (tertiary/aromatic N) is 2. The van der Waals surface area contributed by atoms with Crippen molar-refractivity contribution in [1.82, 2.24) is 14.6 Å². The Labute approximate surface area is 161 Å². The van der Waals surface area contributed by atoms with E-state index in [-0.39, 0.29) is 17.0 Å². The summed E-state index contributed by atoms with van der Waals surface area (Å²) in [5.74, 6) is 0.868. The van der Waals surface area contributed by atoms with Crippen LogP contribution >= 0.6 is 0 Å². The van der Waals surface area contributed by atoms with Gasteiger partial charge < -0.3 is 4.74 Å². The van der Waals surface area contributed by atoms with Crippen molar-refractivity contribution in [1.29, 1.82) is 0 Å². The van der Waals surface area contributed by atoms with E-state index in [9.17, 15) is 8.42 Å². The molecule has 0 spiro atoms. The molecule has 3 rings (SSSR count). The number of aryl methyl sites for hydroxylation is 1. The normalized spacial score (nSPS) is 18.1. The zero-order chi connectivity index (χ0) is 19.4. The van der Waals surface area contributed by atoms with Gasteiger partial charge in [0.2, 0.25) is 10.0 Å². The Kier molecular flexibility index (Phi) is 6.14. The van der Waals surface area contributed by atoms with Gasteiger partial charge in [-0.2, -0.15) is 0 Å². The zero-order valence-corrected chi connectivity index (χ0v) is 16.9. The van der Waals surface area contributed by atoms with E-state index in [0.29, 0.717) is 6.54 Å². The molecule has 0 aliphatic carbocycles. The maximum Gasteiger partial charge on any atom is 0.242 e. The molecule has 1 N–H and O–H groups in total. The Morgan fingerprint density at radius 2 is 1.96 bits per heavy atom. The Morgan fingerprint density at radius 3 is 2.59 bits per heavy atom. The number of pyridine rings is 1. The van der Waals surface area contributed by atoms with Crippen LogP contribution in [0.1, 0.15) is 31.5 Å². The number of hydrogen-bond acceptors (Lipinski definition) is 5. The van der Waals surface area contributed by atoms with E-state index in [1.54, 1.807) is 12.1 Å². The SMILES string of the molecule is Cc1ccc(S(=O)(=O)N[C@@H]2CCN(Cc3ccc(OC(C)C)cc3)C2)cn1. The van der Waals surface area contributed by atoms with Crippen LogP contribution in [-0.2, 0) is 16.6 Å². The van der Waals surface area contributed by atoms with Gasteiger partial charge in [0.25, 0.3) is 0 Å². The van der Waals surface area contributed by atoms with Crippen molar-refractivity contribution in [2.45, 2.75) is 50.8 Å². The molecule has 1 atom stereocenters. The van der Waals surface area contributed by atoms with Gasteiger partial charge >= 0.3 is 0 Å². The first-order chi connectivity index (χ1) is 12.8. The first-order valence-corrected chi connectivity index (χ1v) is 10.7. The van der Waals surface area contributed by atoms with Gasteiger partial charge in [-0.1, -0.05) is 12.1 Å². The Bertz CT molecular complexity index is 849. The first-order valence-electron chi connectivity index (χ1n) is 9.25. The van der Waals surface area contributed by atoms with Crippen molar-refractivity contribution < 1.29 is 13.2 Å². The largest absolute Gasteiger partial charge is 0.491 e. The average Bonchev–Trinajstić information content (AvgIpc) is 3.03. The lowest BCUT2D eigenvalue weighted by molar-refractivity contribution is 0.242. The number of ether oxygens (including phenoxy) is 1. The number of benzene rings is 1. The number of aromatic nitrogens is 1. The zero-order valence-electron chi connectivity index (χ0n) is 16.1. The van der Waals surface area contributed by atoms with Gasteiger partial charge in [-0.15, -0.1) is 0 Å². The summed E-state index contributed by atoms with van der Waals surface area (Å²) in [6, 6.07) is 11.3. The van der Waals surface area contributed by atoms with Crippen molar-refractivity contribution in [2.75, 3.05) is 13.1 Å². The third-order valence-corrected chi connectivity index (χ3v) is 6.00. The van der Waals surface area contributed by atoms with Gasteiger partial charge in [0.15, 0.2) is 0 Å². The second kappa shape index (κ2) is 8.37. The van der Waals surface area contributed by atoms with Crippen LogP contribution in [0.25, 0.3) is 0 Å². The molecule has 27 heavy (non-hydrogen) atoms. The van der Waals surface area contributed by atoms with Crippen LogP contribution in [0.5, 0.6) is 5.75 Å². The molecule has 6 nitrogen and oxygen atoms in total. The number of sulfonamides is 1. The smallest absolute Gasteiger partial charge is 0.242 e. The van der Waals surface area contributed by atoms with E-state index in [4.69, 9.17) is 4.74 Å². The van der Waals surface area contributed by atoms with Crippen LogP contribution in [0.3, 0.4) is 0 Å². The summed E-state index contributed by atoms with van der Waals surface area (Å²) in [6.45, 7) is 8.21. The molecule has 146 valence electrons. The van der Waals surface area contributed by atoms with Crippen molar-refractivity contribution >= 4 is 10.0 Å². The summed E-state index contributed by atoms with van der Waals surface area (Å²) in [7, 11) is -3.53. The number of hydrogen-bond donors (Lipinski definition) is 1. The van der Waals surface area contributed by atoms with Crippen LogP contribution in [-0.4, -0.2) is 43.5 Å². The number of rotatable bonds is 7. The lowest BCUT2D eigenvalue weighted by Crippen LogP contribution is -2.37. The highest BCUT2D eigenvalue weighted by Gasteiger charge is 2.27. The predicted octanol–water partition coefficient (Wildman–Crippen LogP) is 2.73. The number of nitrogens with one attached hydrogen (secondary N) is 1. The van der Waals surface area contributed by atoms with Gasteiger partial charge in [-0.3, -0.25) is 9.88 Å². The van der Waals surface area contributed by atoms with Crippen LogP contribution in [0.2, 0.25) is 0 Å². The van der Waals surface area contributed by atoms with Crippen molar-refractivity contribution in [2.24, 2.45) is 0 Å². The highest BCUT2D eigenvalue weighted by Crippen LogP contribution is 2.19. The molecule has 1 fully saturated rings. The minimum absolute atomic E-state index is 0.0835. The molecule has 0 amide bonds. The minimum atomic E-state index is -3.53. The van der Waals surface area contributed by atoms with E-state index in [0.717, 1.165) is 31.0 Å². The molecule has 0 saturated carbocycles. The quantitative estimate of drug-likeness (QED) is 0.788. The topological polar surface area (TPSA) is 71.5 Å². The summed E-state index contributed by atoms with van der Waals surface area (Å²) in [4.78, 5) is 6.55. The van der Waals surface area contributed by atoms with E-state index in [2.05, 4.69) is 26.7 Å². The van der Waals surface area contributed by atoms with Crippen molar-refractivity contribution in [3.63, 3.8) is 0 Å². The molecule has 1 aromatic heterocycles. The highest BCUT2D eigenvalue weighted by atomic mass is 32.2. The van der Waals surface area contributed by atoms with Gasteiger partial charge in [-0.25, -0.2) is 13.1 Å². The van der Waals surface area contributed by atoms with Gasteiger partial charge in [0.05, 0.1) is 6.10 Å². The average molecular weight is 390 g/mol. The summed E-state index contributed by atoms with van der Waals surface area (Å²) in [6.07, 6.45) is 2.37. The Morgan fingerprint density at radius 1 is 1.22 bits per heavy atom. The standard InChI is InChI=1S/C20H27N3O3S/c1-15(2)26-19-7-5-17(6-8-19)13-23-11-10-18(14-23)22-27(24,25)20-9-4-16(3)21-12-20/h4-9,12,15,18,22H,10-11,13-14H2,1-3H3/t18-/m1/s1. The molecule has 2 heterocycles. The van der Waals surface area contributed by atoms with Gasteiger partial charge in [0, 0.05) is 37.6 Å². The van der Waals surface area contributed by atoms with Crippen LogP contribution < -0.4 is 9.46 Å². The maximum absolute atomic E-state index is 12.5. The minimum Gasteiger partial charge on any atom is -0.491 e. The fraction of sp³-hybridized carbons (Fsp3) is 0.450. The molecule has 1 aromatic carbocycles. The summed E-state index contributed by atoms with van der Waals surface area (Å²) < 4.78 is 33.5. The molecule has 7 heteroatoms. The molecule has 2 aromatic rings. The third-order valence-electron chi connectivity index (χ3n) is 4.49. The predicted molar refractivity (Wildman–Crippen MR) is 105 cm³/mol. The molecular formula is C20H27N3O3S. The summed E-state index contributed by atoms with van der Waals surface area (Å²) in [5, 5.41) is 0. The Balaban J connectivity index is 1.54. The summed E-state index contributed by atoms with van der Waals surface area (Å²) >= 11 is 0. The highest BCUT2D eigenvalue weighted by molar-refractivity contribution is 7.89. The number of likely N-dealkylation sites (tertiary alicyclic amines) is 1. The molecule has 0 radical (unpaired) electrons. The Hall–Kier alpha value is -1.96. The van der Waals surface area contributed by atoms with E-state index in [1.165, 1.54) is 11.8 Å². The van der Waals surface area contributed by atoms with E-state index in [1.807, 2.05) is 32.9 Å². The van der Waals surface area contributed by atoms with Crippen molar-refractivity contribution in [3.05, 3.63) is 53.9 Å². The van der Waals surface area contributed by atoms with Crippen LogP contribution in [0.4, 0.5) is 0 Å². The molecule has 0 unspecified atom stereocenters. The fourth-order valence-corrected chi connectivity index (χ4v) is 4.38. The second-order valence-electron chi connectivity index (χ2n) is 7.29. The summed E-state index contributed by atoms with van der Waals surface area (Å²) in [5.41, 5.74) is 1.99. The maximum atomic E-state index is 12.5. The van der Waals surface area contributed by atoms with Crippen LogP contribution in [0.15, 0.2) is 47.5 Å². The molecular weight excluding hydrogens is 362 g/mol.